The highest BCUT2D eigenvalue weighted by Crippen LogP contribution is 2.36. The number of carbonyl (C=O) groups excluding carboxylic acids is 2. The van der Waals surface area contributed by atoms with Gasteiger partial charge in [0.05, 0.1) is 24.6 Å². The summed E-state index contributed by atoms with van der Waals surface area (Å²) in [4.78, 5) is 32.9. The van der Waals surface area contributed by atoms with Crippen molar-refractivity contribution in [3.63, 3.8) is 0 Å². The number of nitrogens with zero attached hydrogens (tertiary/aromatic N) is 3. The Labute approximate surface area is 204 Å². The van der Waals surface area contributed by atoms with Crippen LogP contribution in [0.3, 0.4) is 0 Å². The first-order chi connectivity index (χ1) is 17.1. The highest BCUT2D eigenvalue weighted by molar-refractivity contribution is 6.05. The molecule has 178 valence electrons. The van der Waals surface area contributed by atoms with Gasteiger partial charge in [-0.1, -0.05) is 43.3 Å². The van der Waals surface area contributed by atoms with Gasteiger partial charge in [0.25, 0.3) is 5.91 Å². The van der Waals surface area contributed by atoms with Gasteiger partial charge in [0.15, 0.2) is 0 Å². The lowest BCUT2D eigenvalue weighted by Crippen LogP contribution is -2.33. The molecule has 0 saturated heterocycles. The highest BCUT2D eigenvalue weighted by atomic mass is 16.5. The van der Waals surface area contributed by atoms with Crippen LogP contribution in [0.25, 0.3) is 11.0 Å². The molecular formula is C28H28N4O3. The number of nitrogens with one attached hydrogen (secondary N) is 1. The molecule has 2 heterocycles. The second-order valence-electron chi connectivity index (χ2n) is 8.68. The number of benzene rings is 3. The summed E-state index contributed by atoms with van der Waals surface area (Å²) in [6, 6.07) is 22.7. The molecule has 3 aromatic carbocycles. The van der Waals surface area contributed by atoms with Crippen LogP contribution in [0, 0.1) is 0 Å². The molecule has 0 bridgehead atoms. The first kappa shape index (κ1) is 22.7. The average molecular weight is 469 g/mol. The van der Waals surface area contributed by atoms with E-state index in [4.69, 9.17) is 9.72 Å². The monoisotopic (exact) mass is 468 g/mol. The largest absolute Gasteiger partial charge is 0.497 e. The number of carbonyl (C=O) groups is 2. The predicted octanol–water partition coefficient (Wildman–Crippen LogP) is 4.77. The van der Waals surface area contributed by atoms with Gasteiger partial charge in [-0.15, -0.1) is 0 Å². The zero-order valence-electron chi connectivity index (χ0n) is 19.9. The number of hydrogen-bond donors (Lipinski definition) is 1. The number of ether oxygens (including phenoxy) is 1. The Morgan fingerprint density at radius 2 is 1.71 bits per heavy atom. The van der Waals surface area contributed by atoms with E-state index in [1.54, 1.807) is 12.0 Å². The lowest BCUT2D eigenvalue weighted by Gasteiger charge is -2.16. The molecular weight excluding hydrogens is 440 g/mol. The number of anilines is 2. The summed E-state index contributed by atoms with van der Waals surface area (Å²) in [5.41, 5.74) is 4.69. The molecule has 5 rings (SSSR count). The lowest BCUT2D eigenvalue weighted by atomic mass is 10.1. The van der Waals surface area contributed by atoms with Crippen molar-refractivity contribution in [3.05, 3.63) is 83.9 Å². The molecule has 4 aromatic rings. The Balaban J connectivity index is 1.37. The summed E-state index contributed by atoms with van der Waals surface area (Å²) in [5, 5.41) is 2.94. The number of para-hydroxylation sites is 2. The Kier molecular flexibility index (Phi) is 6.23. The minimum atomic E-state index is -0.636. The molecule has 1 aromatic heterocycles. The van der Waals surface area contributed by atoms with Crippen LogP contribution in [0.4, 0.5) is 11.6 Å². The molecule has 0 saturated carbocycles. The Hall–Kier alpha value is -4.13. The van der Waals surface area contributed by atoms with E-state index in [2.05, 4.69) is 12.2 Å². The number of amides is 2. The maximum Gasteiger partial charge on any atom is 0.253 e. The number of imidazole rings is 1. The van der Waals surface area contributed by atoms with Crippen LogP contribution in [0.1, 0.15) is 30.5 Å². The van der Waals surface area contributed by atoms with E-state index in [-0.39, 0.29) is 18.2 Å². The fourth-order valence-corrected chi connectivity index (χ4v) is 4.55. The molecule has 0 spiro atoms. The van der Waals surface area contributed by atoms with Crippen LogP contribution >= 0.6 is 0 Å². The number of rotatable bonds is 8. The molecule has 1 aliphatic rings. The third-order valence-electron chi connectivity index (χ3n) is 6.49. The Morgan fingerprint density at radius 3 is 2.43 bits per heavy atom. The minimum Gasteiger partial charge on any atom is -0.497 e. The topological polar surface area (TPSA) is 76.5 Å². The minimum absolute atomic E-state index is 0.0424. The van der Waals surface area contributed by atoms with E-state index in [1.165, 1.54) is 5.56 Å². The predicted molar refractivity (Wildman–Crippen MR) is 137 cm³/mol. The zero-order chi connectivity index (χ0) is 24.4. The van der Waals surface area contributed by atoms with Crippen molar-refractivity contribution >= 4 is 34.5 Å². The van der Waals surface area contributed by atoms with Gasteiger partial charge in [-0.3, -0.25) is 19.1 Å². The summed E-state index contributed by atoms with van der Waals surface area (Å²) >= 11 is 0. The summed E-state index contributed by atoms with van der Waals surface area (Å²) in [7, 11) is 1.64. The van der Waals surface area contributed by atoms with Crippen LogP contribution < -0.4 is 15.0 Å². The van der Waals surface area contributed by atoms with Gasteiger partial charge in [0, 0.05) is 12.2 Å². The van der Waals surface area contributed by atoms with E-state index >= 15 is 0 Å². The SMILES string of the molecule is CCc1ccc(NC(=O)CC2C(=O)N(CCc3ccc(OC)cc3)c3nc4ccccc4n32)cc1. The van der Waals surface area contributed by atoms with Crippen LogP contribution in [0.15, 0.2) is 72.8 Å². The first-order valence-corrected chi connectivity index (χ1v) is 11.9. The molecule has 35 heavy (non-hydrogen) atoms. The lowest BCUT2D eigenvalue weighted by molar-refractivity contribution is -0.124. The van der Waals surface area contributed by atoms with Crippen LogP contribution in [0.2, 0.25) is 0 Å². The van der Waals surface area contributed by atoms with Crippen molar-refractivity contribution in [2.75, 3.05) is 23.9 Å². The van der Waals surface area contributed by atoms with E-state index in [0.29, 0.717) is 18.9 Å². The average Bonchev–Trinajstić information content (AvgIpc) is 3.38. The van der Waals surface area contributed by atoms with Gasteiger partial charge >= 0.3 is 0 Å². The van der Waals surface area contributed by atoms with Crippen molar-refractivity contribution in [1.29, 1.82) is 0 Å². The van der Waals surface area contributed by atoms with Gasteiger partial charge < -0.3 is 10.1 Å². The fourth-order valence-electron chi connectivity index (χ4n) is 4.55. The molecule has 1 aliphatic heterocycles. The second-order valence-corrected chi connectivity index (χ2v) is 8.68. The van der Waals surface area contributed by atoms with Gasteiger partial charge in [0.2, 0.25) is 11.9 Å². The third kappa shape index (κ3) is 4.49. The van der Waals surface area contributed by atoms with E-state index in [1.807, 2.05) is 77.4 Å². The molecule has 7 nitrogen and oxygen atoms in total. The smallest absolute Gasteiger partial charge is 0.253 e. The number of fused-ring (bicyclic) bond motifs is 3. The summed E-state index contributed by atoms with van der Waals surface area (Å²) in [6.45, 7) is 2.57. The van der Waals surface area contributed by atoms with Gasteiger partial charge in [-0.05, 0) is 60.4 Å². The Morgan fingerprint density at radius 1 is 1.00 bits per heavy atom. The van der Waals surface area contributed by atoms with Crippen LogP contribution in [0.5, 0.6) is 5.75 Å². The van der Waals surface area contributed by atoms with Crippen molar-refractivity contribution in [1.82, 2.24) is 9.55 Å². The molecule has 1 N–H and O–H groups in total. The number of methoxy groups -OCH3 is 1. The summed E-state index contributed by atoms with van der Waals surface area (Å²) < 4.78 is 7.14. The number of aryl methyl sites for hydroxylation is 1. The first-order valence-electron chi connectivity index (χ1n) is 11.9. The molecule has 0 fully saturated rings. The van der Waals surface area contributed by atoms with Crippen molar-refractivity contribution < 1.29 is 14.3 Å². The maximum absolute atomic E-state index is 13.5. The van der Waals surface area contributed by atoms with Crippen molar-refractivity contribution in [3.8, 4) is 5.75 Å². The fraction of sp³-hybridized carbons (Fsp3) is 0.250. The summed E-state index contributed by atoms with van der Waals surface area (Å²) in [6.07, 6.45) is 1.65. The van der Waals surface area contributed by atoms with Crippen LogP contribution in [-0.4, -0.2) is 35.0 Å². The van der Waals surface area contributed by atoms with Gasteiger partial charge in [-0.2, -0.15) is 0 Å². The van der Waals surface area contributed by atoms with Crippen molar-refractivity contribution in [2.45, 2.75) is 32.2 Å². The highest BCUT2D eigenvalue weighted by Gasteiger charge is 2.40. The van der Waals surface area contributed by atoms with Crippen molar-refractivity contribution in [2.24, 2.45) is 0 Å². The zero-order valence-corrected chi connectivity index (χ0v) is 19.9. The molecule has 0 radical (unpaired) electrons. The van der Waals surface area contributed by atoms with Gasteiger partial charge in [-0.25, -0.2) is 4.98 Å². The van der Waals surface area contributed by atoms with Crippen LogP contribution in [-0.2, 0) is 22.4 Å². The quantitative estimate of drug-likeness (QED) is 0.404. The third-order valence-corrected chi connectivity index (χ3v) is 6.49. The van der Waals surface area contributed by atoms with E-state index in [0.717, 1.165) is 34.5 Å². The maximum atomic E-state index is 13.5. The van der Waals surface area contributed by atoms with E-state index in [9.17, 15) is 9.59 Å². The normalized spacial score (nSPS) is 14.9. The summed E-state index contributed by atoms with van der Waals surface area (Å²) in [5.74, 6) is 1.08. The number of aromatic nitrogens is 2. The molecule has 1 unspecified atom stereocenters. The molecule has 7 heteroatoms. The molecule has 0 aliphatic carbocycles. The molecule has 1 atom stereocenters. The van der Waals surface area contributed by atoms with E-state index < -0.39 is 6.04 Å². The standard InChI is InChI=1S/C28H28N4O3/c1-3-19-8-12-21(13-9-19)29-26(33)18-25-27(34)31(17-16-20-10-14-22(35-2)15-11-20)28-30-23-6-4-5-7-24(23)32(25)28/h4-15,25H,3,16-18H2,1-2H3,(H,29,33). The van der Waals surface area contributed by atoms with Gasteiger partial charge in [0.1, 0.15) is 11.8 Å². The second kappa shape index (κ2) is 9.62. The number of hydrogen-bond acceptors (Lipinski definition) is 4. The molecule has 2 amide bonds. The Bertz CT molecular complexity index is 1360.